The highest BCUT2D eigenvalue weighted by Crippen LogP contribution is 2.30. The van der Waals surface area contributed by atoms with E-state index < -0.39 is 0 Å². The minimum absolute atomic E-state index is 0.735. The third-order valence-corrected chi connectivity index (χ3v) is 3.78. The third kappa shape index (κ3) is 3.28. The zero-order chi connectivity index (χ0) is 12.9. The van der Waals surface area contributed by atoms with Crippen molar-refractivity contribution >= 4 is 11.3 Å². The molecule has 1 aromatic heterocycles. The molecule has 0 saturated carbocycles. The Bertz CT molecular complexity index is 525. The number of nitrogens with one attached hydrogen (secondary N) is 1. The van der Waals surface area contributed by atoms with Crippen molar-refractivity contribution in [2.75, 3.05) is 13.2 Å². The van der Waals surface area contributed by atoms with Gasteiger partial charge in [0.2, 0.25) is 0 Å². The van der Waals surface area contributed by atoms with Crippen LogP contribution in [0.5, 0.6) is 11.5 Å². The molecule has 0 spiro atoms. The summed E-state index contributed by atoms with van der Waals surface area (Å²) in [5, 5.41) is 7.71. The number of ether oxygens (including phenoxy) is 2. The van der Waals surface area contributed by atoms with Crippen LogP contribution in [-0.4, -0.2) is 13.2 Å². The summed E-state index contributed by atoms with van der Waals surface area (Å²) < 4.78 is 11.3. The van der Waals surface area contributed by atoms with E-state index in [2.05, 4.69) is 34.3 Å². The summed E-state index contributed by atoms with van der Waals surface area (Å²) in [4.78, 5) is 0. The smallest absolute Gasteiger partial charge is 0.161 e. The van der Waals surface area contributed by atoms with Crippen LogP contribution >= 0.6 is 11.3 Å². The molecule has 0 radical (unpaired) electrons. The summed E-state index contributed by atoms with van der Waals surface area (Å²) in [5.74, 6) is 1.73. The van der Waals surface area contributed by atoms with Crippen LogP contribution in [0.4, 0.5) is 0 Å². The van der Waals surface area contributed by atoms with Gasteiger partial charge in [-0.3, -0.25) is 0 Å². The summed E-state index contributed by atoms with van der Waals surface area (Å²) >= 11 is 1.73. The lowest BCUT2D eigenvalue weighted by Crippen LogP contribution is -2.12. The Balaban J connectivity index is 1.60. The molecule has 3 rings (SSSR count). The Morgan fingerprint density at radius 3 is 2.68 bits per heavy atom. The molecule has 100 valence electrons. The van der Waals surface area contributed by atoms with Crippen LogP contribution in [0.25, 0.3) is 0 Å². The topological polar surface area (TPSA) is 30.5 Å². The van der Waals surface area contributed by atoms with Crippen LogP contribution in [0.15, 0.2) is 35.0 Å². The standard InChI is InChI=1S/C15H17NO2S/c1-5-17-14-3-2-12(8-15(14)18-6-1)9-16-10-13-4-7-19-11-13/h2-4,7-8,11,16H,1,5-6,9-10H2. The average Bonchev–Trinajstić information content (AvgIpc) is 2.83. The first-order chi connectivity index (χ1) is 9.42. The maximum absolute atomic E-state index is 5.69. The second-order valence-electron chi connectivity index (χ2n) is 4.57. The van der Waals surface area contributed by atoms with Gasteiger partial charge in [0.1, 0.15) is 0 Å². The normalized spacial score (nSPS) is 14.1. The van der Waals surface area contributed by atoms with E-state index in [1.807, 2.05) is 6.07 Å². The second kappa shape index (κ2) is 6.08. The van der Waals surface area contributed by atoms with Gasteiger partial charge in [0, 0.05) is 19.5 Å². The van der Waals surface area contributed by atoms with Gasteiger partial charge in [0.15, 0.2) is 11.5 Å². The molecule has 0 aliphatic carbocycles. The highest BCUT2D eigenvalue weighted by Gasteiger charge is 2.10. The van der Waals surface area contributed by atoms with Crippen LogP contribution in [-0.2, 0) is 13.1 Å². The lowest BCUT2D eigenvalue weighted by molar-refractivity contribution is 0.297. The molecular formula is C15H17NO2S. The van der Waals surface area contributed by atoms with Crippen molar-refractivity contribution < 1.29 is 9.47 Å². The SMILES string of the molecule is c1cc(CNCc2ccc3c(c2)OCCCO3)cs1. The molecule has 3 nitrogen and oxygen atoms in total. The van der Waals surface area contributed by atoms with Crippen molar-refractivity contribution in [1.29, 1.82) is 0 Å². The van der Waals surface area contributed by atoms with Crippen molar-refractivity contribution in [3.05, 3.63) is 46.2 Å². The zero-order valence-electron chi connectivity index (χ0n) is 10.7. The van der Waals surface area contributed by atoms with E-state index in [4.69, 9.17) is 9.47 Å². The van der Waals surface area contributed by atoms with E-state index in [0.717, 1.165) is 44.2 Å². The van der Waals surface area contributed by atoms with Crippen LogP contribution < -0.4 is 14.8 Å². The van der Waals surface area contributed by atoms with E-state index in [1.54, 1.807) is 11.3 Å². The molecule has 0 saturated heterocycles. The molecule has 0 amide bonds. The van der Waals surface area contributed by atoms with Crippen molar-refractivity contribution in [3.63, 3.8) is 0 Å². The van der Waals surface area contributed by atoms with Gasteiger partial charge >= 0.3 is 0 Å². The zero-order valence-corrected chi connectivity index (χ0v) is 11.5. The molecule has 0 fully saturated rings. The first-order valence-corrected chi connectivity index (χ1v) is 7.46. The molecule has 1 aliphatic rings. The van der Waals surface area contributed by atoms with E-state index in [-0.39, 0.29) is 0 Å². The van der Waals surface area contributed by atoms with Crippen LogP contribution in [0.1, 0.15) is 17.5 Å². The summed E-state index contributed by atoms with van der Waals surface area (Å²) in [6, 6.07) is 8.31. The number of fused-ring (bicyclic) bond motifs is 1. The predicted molar refractivity (Wildman–Crippen MR) is 76.9 cm³/mol. The van der Waals surface area contributed by atoms with Gasteiger partial charge in [-0.25, -0.2) is 0 Å². The maximum Gasteiger partial charge on any atom is 0.161 e. The van der Waals surface area contributed by atoms with Gasteiger partial charge in [-0.05, 0) is 40.1 Å². The molecule has 0 bridgehead atoms. The van der Waals surface area contributed by atoms with Crippen LogP contribution in [0.2, 0.25) is 0 Å². The number of rotatable bonds is 4. The van der Waals surface area contributed by atoms with E-state index in [0.29, 0.717) is 0 Å². The van der Waals surface area contributed by atoms with Gasteiger partial charge in [0.25, 0.3) is 0 Å². The largest absolute Gasteiger partial charge is 0.490 e. The Labute approximate surface area is 117 Å². The quantitative estimate of drug-likeness (QED) is 0.929. The molecular weight excluding hydrogens is 258 g/mol. The predicted octanol–water partition coefficient (Wildman–Crippen LogP) is 3.20. The van der Waals surface area contributed by atoms with Gasteiger partial charge < -0.3 is 14.8 Å². The molecule has 0 unspecified atom stereocenters. The minimum Gasteiger partial charge on any atom is -0.490 e. The second-order valence-corrected chi connectivity index (χ2v) is 5.35. The highest BCUT2D eigenvalue weighted by atomic mass is 32.1. The van der Waals surface area contributed by atoms with E-state index in [9.17, 15) is 0 Å². The lowest BCUT2D eigenvalue weighted by atomic mass is 10.2. The van der Waals surface area contributed by atoms with E-state index in [1.165, 1.54) is 11.1 Å². The number of thiophene rings is 1. The Morgan fingerprint density at radius 1 is 1.00 bits per heavy atom. The minimum atomic E-state index is 0.735. The van der Waals surface area contributed by atoms with Crippen LogP contribution in [0, 0.1) is 0 Å². The monoisotopic (exact) mass is 275 g/mol. The summed E-state index contributed by atoms with van der Waals surface area (Å²) in [5.41, 5.74) is 2.55. The molecule has 1 N–H and O–H groups in total. The van der Waals surface area contributed by atoms with Gasteiger partial charge in [-0.2, -0.15) is 11.3 Å². The Kier molecular flexibility index (Phi) is 4.01. The molecule has 1 aromatic carbocycles. The number of hydrogen-bond acceptors (Lipinski definition) is 4. The van der Waals surface area contributed by atoms with Crippen molar-refractivity contribution in [2.24, 2.45) is 0 Å². The van der Waals surface area contributed by atoms with Crippen molar-refractivity contribution in [3.8, 4) is 11.5 Å². The van der Waals surface area contributed by atoms with E-state index >= 15 is 0 Å². The molecule has 2 heterocycles. The summed E-state index contributed by atoms with van der Waals surface area (Å²) in [7, 11) is 0. The molecule has 0 atom stereocenters. The van der Waals surface area contributed by atoms with Crippen LogP contribution in [0.3, 0.4) is 0 Å². The Morgan fingerprint density at radius 2 is 1.84 bits per heavy atom. The third-order valence-electron chi connectivity index (χ3n) is 3.05. The van der Waals surface area contributed by atoms with Gasteiger partial charge in [0.05, 0.1) is 13.2 Å². The molecule has 2 aromatic rings. The lowest BCUT2D eigenvalue weighted by Gasteiger charge is -2.10. The molecule has 1 aliphatic heterocycles. The number of hydrogen-bond donors (Lipinski definition) is 1. The summed E-state index contributed by atoms with van der Waals surface area (Å²) in [6.45, 7) is 3.21. The van der Waals surface area contributed by atoms with Gasteiger partial charge in [-0.15, -0.1) is 0 Å². The Hall–Kier alpha value is -1.52. The molecule has 19 heavy (non-hydrogen) atoms. The highest BCUT2D eigenvalue weighted by molar-refractivity contribution is 7.07. The fourth-order valence-electron chi connectivity index (χ4n) is 2.06. The molecule has 4 heteroatoms. The fraction of sp³-hybridized carbons (Fsp3) is 0.333. The van der Waals surface area contributed by atoms with Crippen molar-refractivity contribution in [2.45, 2.75) is 19.5 Å². The fourth-order valence-corrected chi connectivity index (χ4v) is 2.73. The average molecular weight is 275 g/mol. The van der Waals surface area contributed by atoms with Gasteiger partial charge in [-0.1, -0.05) is 6.07 Å². The first-order valence-electron chi connectivity index (χ1n) is 6.52. The number of benzene rings is 1. The summed E-state index contributed by atoms with van der Waals surface area (Å²) in [6.07, 6.45) is 0.945. The maximum atomic E-state index is 5.69. The van der Waals surface area contributed by atoms with Crippen molar-refractivity contribution in [1.82, 2.24) is 5.32 Å². The first kappa shape index (κ1) is 12.5.